The summed E-state index contributed by atoms with van der Waals surface area (Å²) in [6.07, 6.45) is 3.70. The van der Waals surface area contributed by atoms with Crippen LogP contribution in [0.2, 0.25) is 0 Å². The van der Waals surface area contributed by atoms with Crippen molar-refractivity contribution in [2.24, 2.45) is 5.92 Å². The molecule has 1 fully saturated rings. The van der Waals surface area contributed by atoms with Gasteiger partial charge in [-0.25, -0.2) is 0 Å². The predicted molar refractivity (Wildman–Crippen MR) is 74.8 cm³/mol. The van der Waals surface area contributed by atoms with Gasteiger partial charge in [0.1, 0.15) is 0 Å². The van der Waals surface area contributed by atoms with Crippen LogP contribution in [-0.4, -0.2) is 62.0 Å². The Morgan fingerprint density at radius 2 is 2.11 bits per heavy atom. The zero-order valence-corrected chi connectivity index (χ0v) is 12.2. The molecule has 0 saturated carbocycles. The number of hydrogen-bond acceptors (Lipinski definition) is 4. The van der Waals surface area contributed by atoms with E-state index in [1.807, 2.05) is 0 Å². The van der Waals surface area contributed by atoms with E-state index in [-0.39, 0.29) is 6.10 Å². The Bertz CT molecular complexity index is 206. The highest BCUT2D eigenvalue weighted by atomic mass is 16.5. The van der Waals surface area contributed by atoms with E-state index in [9.17, 15) is 5.11 Å². The quantitative estimate of drug-likeness (QED) is 0.684. The number of aliphatic hydroxyl groups excluding tert-OH is 1. The molecule has 1 aliphatic heterocycles. The van der Waals surface area contributed by atoms with Gasteiger partial charge in [-0.3, -0.25) is 0 Å². The molecule has 1 rings (SSSR count). The average molecular weight is 258 g/mol. The molecule has 4 heteroatoms. The van der Waals surface area contributed by atoms with Crippen LogP contribution in [0.4, 0.5) is 0 Å². The van der Waals surface area contributed by atoms with Crippen molar-refractivity contribution >= 4 is 0 Å². The molecule has 1 saturated heterocycles. The fourth-order valence-electron chi connectivity index (χ4n) is 2.34. The number of ether oxygens (including phenoxy) is 1. The number of hydrogen-bond donors (Lipinski definition) is 2. The van der Waals surface area contributed by atoms with Crippen molar-refractivity contribution in [1.29, 1.82) is 0 Å². The first kappa shape index (κ1) is 15.9. The summed E-state index contributed by atoms with van der Waals surface area (Å²) in [6, 6.07) is 0. The first-order chi connectivity index (χ1) is 8.58. The van der Waals surface area contributed by atoms with Crippen LogP contribution in [0, 0.1) is 5.92 Å². The summed E-state index contributed by atoms with van der Waals surface area (Å²) in [4.78, 5) is 2.18. The molecule has 18 heavy (non-hydrogen) atoms. The largest absolute Gasteiger partial charge is 0.390 e. The molecule has 2 unspecified atom stereocenters. The van der Waals surface area contributed by atoms with Crippen molar-refractivity contribution < 1.29 is 9.84 Å². The Morgan fingerprint density at radius 3 is 2.72 bits per heavy atom. The van der Waals surface area contributed by atoms with Crippen molar-refractivity contribution in [3.05, 3.63) is 0 Å². The Hall–Kier alpha value is -0.160. The molecule has 2 N–H and O–H groups in total. The van der Waals surface area contributed by atoms with Crippen LogP contribution in [-0.2, 0) is 4.74 Å². The molecule has 108 valence electrons. The van der Waals surface area contributed by atoms with E-state index >= 15 is 0 Å². The van der Waals surface area contributed by atoms with Gasteiger partial charge in [0.05, 0.1) is 12.2 Å². The second-order valence-corrected chi connectivity index (χ2v) is 5.92. The Kier molecular flexibility index (Phi) is 7.82. The molecule has 0 aromatic carbocycles. The summed E-state index contributed by atoms with van der Waals surface area (Å²) >= 11 is 0. The smallest absolute Gasteiger partial charge is 0.0791 e. The molecule has 4 nitrogen and oxygen atoms in total. The average Bonchev–Trinajstić information content (AvgIpc) is 2.29. The lowest BCUT2D eigenvalue weighted by atomic mass is 10.1. The first-order valence-corrected chi connectivity index (χ1v) is 7.27. The molecule has 0 aliphatic carbocycles. The van der Waals surface area contributed by atoms with Crippen molar-refractivity contribution in [2.45, 2.75) is 45.3 Å². The lowest BCUT2D eigenvalue weighted by molar-refractivity contribution is -0.00770. The van der Waals surface area contributed by atoms with Crippen LogP contribution in [0.25, 0.3) is 0 Å². The van der Waals surface area contributed by atoms with E-state index in [0.29, 0.717) is 25.1 Å². The zero-order chi connectivity index (χ0) is 13.4. The van der Waals surface area contributed by atoms with Crippen molar-refractivity contribution in [2.75, 3.05) is 39.8 Å². The molecule has 0 spiro atoms. The second-order valence-electron chi connectivity index (χ2n) is 5.92. The molecule has 0 aromatic rings. The van der Waals surface area contributed by atoms with E-state index in [1.165, 1.54) is 12.8 Å². The maximum atomic E-state index is 9.92. The standard InChI is InChI=1S/C14H30N2O2/c1-12(2)8-15-9-13(17)10-16(3)11-14-6-4-5-7-18-14/h12-15,17H,4-11H2,1-3H3. The highest BCUT2D eigenvalue weighted by Gasteiger charge is 2.17. The lowest BCUT2D eigenvalue weighted by Crippen LogP contribution is -2.41. The topological polar surface area (TPSA) is 44.7 Å². The Morgan fingerprint density at radius 1 is 1.33 bits per heavy atom. The zero-order valence-electron chi connectivity index (χ0n) is 12.2. The molecule has 0 bridgehead atoms. The summed E-state index contributed by atoms with van der Waals surface area (Å²) in [5, 5.41) is 13.2. The molecule has 1 aliphatic rings. The summed E-state index contributed by atoms with van der Waals surface area (Å²) in [5.74, 6) is 0.630. The minimum absolute atomic E-state index is 0.294. The van der Waals surface area contributed by atoms with Gasteiger partial charge < -0.3 is 20.1 Å². The van der Waals surface area contributed by atoms with Gasteiger partial charge in [-0.15, -0.1) is 0 Å². The molecular weight excluding hydrogens is 228 g/mol. The fraction of sp³-hybridized carbons (Fsp3) is 1.00. The maximum absolute atomic E-state index is 9.92. The van der Waals surface area contributed by atoms with Crippen LogP contribution in [0.5, 0.6) is 0 Å². The van der Waals surface area contributed by atoms with Crippen LogP contribution in [0.1, 0.15) is 33.1 Å². The predicted octanol–water partition coefficient (Wildman–Crippen LogP) is 1.09. The van der Waals surface area contributed by atoms with Crippen LogP contribution < -0.4 is 5.32 Å². The Labute approximate surface area is 112 Å². The van der Waals surface area contributed by atoms with Crippen molar-refractivity contribution in [3.8, 4) is 0 Å². The number of likely N-dealkylation sites (N-methyl/N-ethyl adjacent to an activating group) is 1. The second kappa shape index (κ2) is 8.86. The summed E-state index contributed by atoms with van der Waals surface area (Å²) in [7, 11) is 2.06. The molecular formula is C14H30N2O2. The van der Waals surface area contributed by atoms with Gasteiger partial charge >= 0.3 is 0 Å². The van der Waals surface area contributed by atoms with Crippen LogP contribution in [0.15, 0.2) is 0 Å². The molecule has 2 atom stereocenters. The molecule has 0 radical (unpaired) electrons. The Balaban J connectivity index is 2.08. The van der Waals surface area contributed by atoms with Gasteiger partial charge in [0, 0.05) is 26.2 Å². The normalized spacial score (nSPS) is 22.7. The lowest BCUT2D eigenvalue weighted by Gasteiger charge is -2.28. The third-order valence-corrected chi connectivity index (χ3v) is 3.24. The minimum Gasteiger partial charge on any atom is -0.390 e. The third kappa shape index (κ3) is 7.31. The van der Waals surface area contributed by atoms with E-state index in [2.05, 4.69) is 31.1 Å². The molecule has 0 amide bonds. The number of aliphatic hydroxyl groups is 1. The van der Waals surface area contributed by atoms with Gasteiger partial charge in [-0.05, 0) is 38.8 Å². The SMILES string of the molecule is CC(C)CNCC(O)CN(C)CC1CCCCO1. The summed E-state index contributed by atoms with van der Waals surface area (Å²) in [6.45, 7) is 8.53. The van der Waals surface area contributed by atoms with E-state index in [4.69, 9.17) is 4.74 Å². The first-order valence-electron chi connectivity index (χ1n) is 7.27. The molecule has 1 heterocycles. The minimum atomic E-state index is -0.294. The maximum Gasteiger partial charge on any atom is 0.0791 e. The fourth-order valence-corrected chi connectivity index (χ4v) is 2.34. The van der Waals surface area contributed by atoms with Crippen LogP contribution >= 0.6 is 0 Å². The van der Waals surface area contributed by atoms with E-state index < -0.39 is 0 Å². The van der Waals surface area contributed by atoms with Gasteiger partial charge in [0.15, 0.2) is 0 Å². The van der Waals surface area contributed by atoms with Gasteiger partial charge in [0.2, 0.25) is 0 Å². The number of nitrogens with zero attached hydrogens (tertiary/aromatic N) is 1. The van der Waals surface area contributed by atoms with E-state index in [0.717, 1.165) is 26.1 Å². The van der Waals surface area contributed by atoms with Gasteiger partial charge in [0.25, 0.3) is 0 Å². The highest BCUT2D eigenvalue weighted by Crippen LogP contribution is 2.13. The number of nitrogens with one attached hydrogen (secondary N) is 1. The van der Waals surface area contributed by atoms with Crippen LogP contribution in [0.3, 0.4) is 0 Å². The highest BCUT2D eigenvalue weighted by molar-refractivity contribution is 4.71. The van der Waals surface area contributed by atoms with Gasteiger partial charge in [-0.2, -0.15) is 0 Å². The third-order valence-electron chi connectivity index (χ3n) is 3.24. The summed E-state index contributed by atoms with van der Waals surface area (Å²) in [5.41, 5.74) is 0. The summed E-state index contributed by atoms with van der Waals surface area (Å²) < 4.78 is 5.70. The van der Waals surface area contributed by atoms with Gasteiger partial charge in [-0.1, -0.05) is 13.8 Å². The number of rotatable bonds is 8. The van der Waals surface area contributed by atoms with E-state index in [1.54, 1.807) is 0 Å². The van der Waals surface area contributed by atoms with Crippen molar-refractivity contribution in [3.63, 3.8) is 0 Å². The molecule has 0 aromatic heterocycles. The van der Waals surface area contributed by atoms with Crippen molar-refractivity contribution in [1.82, 2.24) is 10.2 Å². The monoisotopic (exact) mass is 258 g/mol.